The van der Waals surface area contributed by atoms with Crippen molar-refractivity contribution in [2.45, 2.75) is 6.92 Å². The van der Waals surface area contributed by atoms with E-state index in [0.717, 1.165) is 34.0 Å². The van der Waals surface area contributed by atoms with Gasteiger partial charge >= 0.3 is 0 Å². The van der Waals surface area contributed by atoms with Crippen molar-refractivity contribution >= 4 is 49.2 Å². The Morgan fingerprint density at radius 3 is 1.52 bits per heavy atom. The first kappa shape index (κ1) is 31.7. The normalized spacial score (nSPS) is 11.5. The van der Waals surface area contributed by atoms with E-state index >= 15 is 0 Å². The van der Waals surface area contributed by atoms with Crippen molar-refractivity contribution in [3.63, 3.8) is 0 Å². The van der Waals surface area contributed by atoms with E-state index in [1.54, 1.807) is 0 Å². The SMILES string of the molecule is C=Cc1nc(-c2ccc(-c3ccc4c(-c5ccc6ccccc6c5)c5ccccc5c(-c5ccc6ccccc6c5)c4c3)cc2)n(-c2ccccc2)c1C. The quantitative estimate of drug-likeness (QED) is 0.159. The second-order valence-electron chi connectivity index (χ2n) is 14.0. The van der Waals surface area contributed by atoms with Crippen LogP contribution in [0, 0.1) is 6.92 Å². The summed E-state index contributed by atoms with van der Waals surface area (Å²) in [4.78, 5) is 5.02. The summed E-state index contributed by atoms with van der Waals surface area (Å²) in [6, 6.07) is 66.2. The summed E-state index contributed by atoms with van der Waals surface area (Å²) in [5.41, 5.74) is 11.4. The molecule has 0 aliphatic heterocycles. The number of imidazole rings is 1. The van der Waals surface area contributed by atoms with Gasteiger partial charge in [-0.05, 0) is 120 Å². The molecular formula is C52H36N2. The lowest BCUT2D eigenvalue weighted by molar-refractivity contribution is 1.01. The average Bonchev–Trinajstić information content (AvgIpc) is 3.58. The lowest BCUT2D eigenvalue weighted by Gasteiger charge is -2.19. The molecule has 54 heavy (non-hydrogen) atoms. The van der Waals surface area contributed by atoms with E-state index < -0.39 is 0 Å². The fourth-order valence-corrected chi connectivity index (χ4v) is 8.28. The zero-order valence-corrected chi connectivity index (χ0v) is 30.0. The summed E-state index contributed by atoms with van der Waals surface area (Å²) >= 11 is 0. The number of benzene rings is 9. The second kappa shape index (κ2) is 12.9. The molecule has 254 valence electrons. The van der Waals surface area contributed by atoms with Gasteiger partial charge in [-0.2, -0.15) is 0 Å². The van der Waals surface area contributed by atoms with E-state index in [9.17, 15) is 0 Å². The molecule has 0 unspecified atom stereocenters. The molecule has 2 heteroatoms. The topological polar surface area (TPSA) is 17.8 Å². The van der Waals surface area contributed by atoms with E-state index in [4.69, 9.17) is 4.98 Å². The van der Waals surface area contributed by atoms with Gasteiger partial charge in [-0.15, -0.1) is 0 Å². The smallest absolute Gasteiger partial charge is 0.145 e. The van der Waals surface area contributed by atoms with E-state index in [2.05, 4.69) is 194 Å². The van der Waals surface area contributed by atoms with Crippen LogP contribution >= 0.6 is 0 Å². The van der Waals surface area contributed by atoms with Crippen LogP contribution in [-0.2, 0) is 0 Å². The first-order valence-corrected chi connectivity index (χ1v) is 18.5. The van der Waals surface area contributed by atoms with Gasteiger partial charge in [0.15, 0.2) is 0 Å². The van der Waals surface area contributed by atoms with E-state index in [1.807, 2.05) is 12.1 Å². The Kier molecular flexibility index (Phi) is 7.56. The molecule has 0 saturated heterocycles. The van der Waals surface area contributed by atoms with Crippen LogP contribution < -0.4 is 0 Å². The van der Waals surface area contributed by atoms with Crippen LogP contribution in [0.4, 0.5) is 0 Å². The molecule has 0 amide bonds. The number of nitrogens with zero attached hydrogens (tertiary/aromatic N) is 2. The van der Waals surface area contributed by atoms with Crippen LogP contribution in [0.15, 0.2) is 189 Å². The van der Waals surface area contributed by atoms with Crippen LogP contribution in [0.25, 0.3) is 99.6 Å². The highest BCUT2D eigenvalue weighted by Gasteiger charge is 2.19. The van der Waals surface area contributed by atoms with E-state index in [1.165, 1.54) is 70.9 Å². The number of para-hydroxylation sites is 1. The zero-order valence-electron chi connectivity index (χ0n) is 30.0. The van der Waals surface area contributed by atoms with E-state index in [-0.39, 0.29) is 0 Å². The van der Waals surface area contributed by atoms with Crippen LogP contribution in [0.3, 0.4) is 0 Å². The van der Waals surface area contributed by atoms with Crippen LogP contribution in [0.1, 0.15) is 11.4 Å². The summed E-state index contributed by atoms with van der Waals surface area (Å²) in [6.07, 6.45) is 1.84. The first-order valence-electron chi connectivity index (χ1n) is 18.5. The van der Waals surface area contributed by atoms with Gasteiger partial charge in [-0.3, -0.25) is 4.57 Å². The summed E-state index contributed by atoms with van der Waals surface area (Å²) < 4.78 is 2.22. The van der Waals surface area contributed by atoms with Crippen molar-refractivity contribution in [3.8, 4) is 50.5 Å². The Balaban J connectivity index is 1.19. The standard InChI is InChI=1S/C52H36N2/c1-3-49-34(2)54(44-17-5-4-6-18-44)52(53-49)38-25-21-37(22-26-38)41-29-30-47-48(33-41)51(43-28-24-36-14-8-10-16-40(36)32-43)46-20-12-11-19-45(46)50(47)42-27-23-35-13-7-9-15-39(35)31-42/h3-33H,1H2,2H3. The van der Waals surface area contributed by atoms with Gasteiger partial charge in [0.1, 0.15) is 5.82 Å². The highest BCUT2D eigenvalue weighted by Crippen LogP contribution is 2.46. The summed E-state index contributed by atoms with van der Waals surface area (Å²) in [7, 11) is 0. The molecule has 10 aromatic rings. The third kappa shape index (κ3) is 5.23. The molecule has 9 aromatic carbocycles. The monoisotopic (exact) mass is 688 g/mol. The van der Waals surface area contributed by atoms with Crippen molar-refractivity contribution < 1.29 is 0 Å². The molecule has 0 N–H and O–H groups in total. The fourth-order valence-electron chi connectivity index (χ4n) is 8.28. The summed E-state index contributed by atoms with van der Waals surface area (Å²) in [5.74, 6) is 0.906. The maximum atomic E-state index is 5.02. The molecule has 0 aliphatic rings. The highest BCUT2D eigenvalue weighted by atomic mass is 15.1. The Morgan fingerprint density at radius 2 is 0.907 bits per heavy atom. The van der Waals surface area contributed by atoms with Crippen molar-refractivity contribution in [2.75, 3.05) is 0 Å². The minimum Gasteiger partial charge on any atom is -0.296 e. The largest absolute Gasteiger partial charge is 0.296 e. The maximum absolute atomic E-state index is 5.02. The number of aromatic nitrogens is 2. The molecule has 0 bridgehead atoms. The third-order valence-corrected chi connectivity index (χ3v) is 10.9. The van der Waals surface area contributed by atoms with Crippen molar-refractivity contribution in [1.29, 1.82) is 0 Å². The summed E-state index contributed by atoms with van der Waals surface area (Å²) in [5, 5.41) is 9.94. The molecule has 1 aromatic heterocycles. The Labute approximate surface area is 314 Å². The first-order chi connectivity index (χ1) is 26.6. The maximum Gasteiger partial charge on any atom is 0.145 e. The average molecular weight is 689 g/mol. The van der Waals surface area contributed by atoms with Crippen molar-refractivity contribution in [3.05, 3.63) is 200 Å². The molecule has 0 saturated carbocycles. The van der Waals surface area contributed by atoms with Crippen LogP contribution in [0.2, 0.25) is 0 Å². The van der Waals surface area contributed by atoms with Gasteiger partial charge in [-0.25, -0.2) is 4.98 Å². The molecule has 0 spiro atoms. The molecule has 2 nitrogen and oxygen atoms in total. The fraction of sp³-hybridized carbons (Fsp3) is 0.0192. The molecule has 0 radical (unpaired) electrons. The second-order valence-corrected chi connectivity index (χ2v) is 14.0. The van der Waals surface area contributed by atoms with Gasteiger partial charge in [0.05, 0.1) is 5.69 Å². The Bertz CT molecular complexity index is 3060. The minimum absolute atomic E-state index is 0.892. The lowest BCUT2D eigenvalue weighted by atomic mass is 9.84. The van der Waals surface area contributed by atoms with Gasteiger partial charge in [0.25, 0.3) is 0 Å². The third-order valence-electron chi connectivity index (χ3n) is 10.9. The molecule has 0 fully saturated rings. The predicted octanol–water partition coefficient (Wildman–Crippen LogP) is 14.1. The van der Waals surface area contributed by atoms with Crippen LogP contribution in [-0.4, -0.2) is 9.55 Å². The molecule has 0 atom stereocenters. The van der Waals surface area contributed by atoms with Gasteiger partial charge in [0, 0.05) is 16.9 Å². The zero-order chi connectivity index (χ0) is 36.2. The van der Waals surface area contributed by atoms with Crippen molar-refractivity contribution in [1.82, 2.24) is 9.55 Å². The molecule has 0 aliphatic carbocycles. The minimum atomic E-state index is 0.892. The van der Waals surface area contributed by atoms with Crippen LogP contribution in [0.5, 0.6) is 0 Å². The molecular weight excluding hydrogens is 653 g/mol. The van der Waals surface area contributed by atoms with E-state index in [0.29, 0.717) is 0 Å². The Morgan fingerprint density at radius 1 is 0.426 bits per heavy atom. The number of rotatable bonds is 6. The predicted molar refractivity (Wildman–Crippen MR) is 230 cm³/mol. The van der Waals surface area contributed by atoms with Gasteiger partial charge < -0.3 is 0 Å². The Hall–Kier alpha value is -7.03. The molecule has 1 heterocycles. The van der Waals surface area contributed by atoms with Gasteiger partial charge in [0.2, 0.25) is 0 Å². The highest BCUT2D eigenvalue weighted by molar-refractivity contribution is 6.22. The number of hydrogen-bond donors (Lipinski definition) is 0. The van der Waals surface area contributed by atoms with Gasteiger partial charge in [-0.1, -0.05) is 158 Å². The number of hydrogen-bond acceptors (Lipinski definition) is 1. The summed E-state index contributed by atoms with van der Waals surface area (Å²) in [6.45, 7) is 6.14. The molecule has 10 rings (SSSR count). The number of fused-ring (bicyclic) bond motifs is 4. The van der Waals surface area contributed by atoms with Crippen molar-refractivity contribution in [2.24, 2.45) is 0 Å². The lowest BCUT2D eigenvalue weighted by Crippen LogP contribution is -1.99.